The Hall–Kier alpha value is -3.04. The first-order chi connectivity index (χ1) is 11.0. The van der Waals surface area contributed by atoms with Crippen LogP contribution in [0.25, 0.3) is 0 Å². The quantitative estimate of drug-likeness (QED) is 0.455. The molecule has 7 heteroatoms. The molecule has 0 saturated carbocycles. The van der Waals surface area contributed by atoms with E-state index in [1.54, 1.807) is 24.4 Å². The summed E-state index contributed by atoms with van der Waals surface area (Å²) in [5, 5.41) is 14.8. The molecule has 4 N–H and O–H groups in total. The van der Waals surface area contributed by atoms with Crippen molar-refractivity contribution in [1.82, 2.24) is 4.98 Å². The van der Waals surface area contributed by atoms with E-state index in [0.717, 1.165) is 5.56 Å². The Morgan fingerprint density at radius 2 is 2.17 bits per heavy atom. The Balaban J connectivity index is 2.10. The van der Waals surface area contributed by atoms with Gasteiger partial charge in [-0.2, -0.15) is 5.26 Å². The second-order valence-electron chi connectivity index (χ2n) is 4.73. The Morgan fingerprint density at radius 3 is 2.78 bits per heavy atom. The average Bonchev–Trinajstić information content (AvgIpc) is 2.52. The molecule has 0 unspecified atom stereocenters. The Bertz CT molecular complexity index is 793. The highest BCUT2D eigenvalue weighted by Crippen LogP contribution is 2.24. The van der Waals surface area contributed by atoms with Gasteiger partial charge in [0, 0.05) is 18.1 Å². The molecular weight excluding hydrogens is 314 g/mol. The fourth-order valence-electron chi connectivity index (χ4n) is 1.67. The molecule has 1 heterocycles. The number of nitrogens with zero attached hydrogens (tertiary/aromatic N) is 2. The number of carbonyl (C=O) groups is 1. The highest BCUT2D eigenvalue weighted by atomic mass is 35.5. The van der Waals surface area contributed by atoms with Gasteiger partial charge in [0.25, 0.3) is 5.91 Å². The minimum atomic E-state index is -0.584. The van der Waals surface area contributed by atoms with Crippen molar-refractivity contribution < 1.29 is 4.79 Å². The standard InChI is InChI=1S/C16H14ClN5O/c1-10-2-5-15(20-8-10)21-9-11(7-18)16(23)22-14-4-3-12(19)6-13(14)17/h2-6,8-9H,19H2,1H3,(H,20,21)(H,22,23)/b11-9-. The lowest BCUT2D eigenvalue weighted by molar-refractivity contribution is -0.112. The first-order valence-electron chi connectivity index (χ1n) is 6.65. The van der Waals surface area contributed by atoms with Crippen molar-refractivity contribution in [3.63, 3.8) is 0 Å². The Kier molecular flexibility index (Phi) is 5.18. The van der Waals surface area contributed by atoms with E-state index in [2.05, 4.69) is 15.6 Å². The molecule has 1 aromatic heterocycles. The van der Waals surface area contributed by atoms with Crippen LogP contribution >= 0.6 is 11.6 Å². The van der Waals surface area contributed by atoms with Crippen LogP contribution in [0.4, 0.5) is 17.2 Å². The number of nitriles is 1. The third-order valence-electron chi connectivity index (χ3n) is 2.88. The molecule has 116 valence electrons. The zero-order chi connectivity index (χ0) is 16.8. The second kappa shape index (κ2) is 7.29. The van der Waals surface area contributed by atoms with Gasteiger partial charge in [-0.15, -0.1) is 0 Å². The predicted molar refractivity (Wildman–Crippen MR) is 90.8 cm³/mol. The zero-order valence-electron chi connectivity index (χ0n) is 12.3. The van der Waals surface area contributed by atoms with E-state index in [1.807, 2.05) is 19.1 Å². The van der Waals surface area contributed by atoms with Crippen LogP contribution in [-0.4, -0.2) is 10.9 Å². The molecule has 1 aromatic carbocycles. The third kappa shape index (κ3) is 4.46. The topological polar surface area (TPSA) is 104 Å². The number of carbonyl (C=O) groups excluding carboxylic acids is 1. The lowest BCUT2D eigenvalue weighted by Gasteiger charge is -2.07. The number of pyridine rings is 1. The van der Waals surface area contributed by atoms with E-state index in [9.17, 15) is 4.79 Å². The summed E-state index contributed by atoms with van der Waals surface area (Å²) in [5.74, 6) is -0.0551. The van der Waals surface area contributed by atoms with Crippen molar-refractivity contribution in [2.24, 2.45) is 0 Å². The van der Waals surface area contributed by atoms with Crippen molar-refractivity contribution in [1.29, 1.82) is 5.26 Å². The number of amides is 1. The number of nitrogens with two attached hydrogens (primary N) is 1. The fourth-order valence-corrected chi connectivity index (χ4v) is 1.91. The molecule has 6 nitrogen and oxygen atoms in total. The minimum Gasteiger partial charge on any atom is -0.399 e. The van der Waals surface area contributed by atoms with Gasteiger partial charge in [0.1, 0.15) is 17.5 Å². The van der Waals surface area contributed by atoms with Crippen LogP contribution in [0.1, 0.15) is 5.56 Å². The maximum absolute atomic E-state index is 12.1. The molecule has 0 spiro atoms. The van der Waals surface area contributed by atoms with Crippen LogP contribution < -0.4 is 16.4 Å². The maximum atomic E-state index is 12.1. The Labute approximate surface area is 138 Å². The number of nitrogens with one attached hydrogen (secondary N) is 2. The summed E-state index contributed by atoms with van der Waals surface area (Å²) in [4.78, 5) is 16.2. The van der Waals surface area contributed by atoms with Crippen molar-refractivity contribution in [3.05, 3.63) is 58.9 Å². The number of anilines is 3. The van der Waals surface area contributed by atoms with Crippen LogP contribution in [0.15, 0.2) is 48.3 Å². The van der Waals surface area contributed by atoms with Crippen molar-refractivity contribution in [2.75, 3.05) is 16.4 Å². The van der Waals surface area contributed by atoms with Gasteiger partial charge in [-0.05, 0) is 36.8 Å². The number of rotatable bonds is 4. The van der Waals surface area contributed by atoms with Crippen molar-refractivity contribution in [2.45, 2.75) is 6.92 Å². The number of benzene rings is 1. The van der Waals surface area contributed by atoms with Gasteiger partial charge in [0.05, 0.1) is 10.7 Å². The largest absolute Gasteiger partial charge is 0.399 e. The van der Waals surface area contributed by atoms with E-state index in [-0.39, 0.29) is 5.57 Å². The number of hydrogen-bond acceptors (Lipinski definition) is 5. The van der Waals surface area contributed by atoms with Gasteiger partial charge in [-0.1, -0.05) is 17.7 Å². The first kappa shape index (κ1) is 16.3. The van der Waals surface area contributed by atoms with Crippen molar-refractivity contribution in [3.8, 4) is 6.07 Å². The van der Waals surface area contributed by atoms with E-state index in [1.165, 1.54) is 12.3 Å². The SMILES string of the molecule is Cc1ccc(N/C=C(/C#N)C(=O)Nc2ccc(N)cc2Cl)nc1. The highest BCUT2D eigenvalue weighted by Gasteiger charge is 2.11. The van der Waals surface area contributed by atoms with Crippen LogP contribution in [0, 0.1) is 18.3 Å². The zero-order valence-corrected chi connectivity index (χ0v) is 13.1. The summed E-state index contributed by atoms with van der Waals surface area (Å²) < 4.78 is 0. The number of halogens is 1. The van der Waals surface area contributed by atoms with Gasteiger partial charge in [-0.25, -0.2) is 4.98 Å². The smallest absolute Gasteiger partial charge is 0.267 e. The van der Waals surface area contributed by atoms with Gasteiger partial charge >= 0.3 is 0 Å². The monoisotopic (exact) mass is 327 g/mol. The van der Waals surface area contributed by atoms with E-state index in [4.69, 9.17) is 22.6 Å². The van der Waals surface area contributed by atoms with Crippen LogP contribution in [0.2, 0.25) is 5.02 Å². The molecule has 0 bridgehead atoms. The molecular formula is C16H14ClN5O. The molecule has 0 atom stereocenters. The highest BCUT2D eigenvalue weighted by molar-refractivity contribution is 6.34. The summed E-state index contributed by atoms with van der Waals surface area (Å²) in [5.41, 5.74) is 7.35. The van der Waals surface area contributed by atoms with Gasteiger partial charge in [-0.3, -0.25) is 4.79 Å². The molecule has 0 aliphatic rings. The molecule has 0 radical (unpaired) electrons. The van der Waals surface area contributed by atoms with E-state index in [0.29, 0.717) is 22.2 Å². The molecule has 0 aliphatic heterocycles. The number of hydrogen-bond donors (Lipinski definition) is 3. The average molecular weight is 328 g/mol. The van der Waals surface area contributed by atoms with Crippen LogP contribution in [0.5, 0.6) is 0 Å². The summed E-state index contributed by atoms with van der Waals surface area (Å²) in [6, 6.07) is 10.1. The van der Waals surface area contributed by atoms with Crippen LogP contribution in [-0.2, 0) is 4.79 Å². The van der Waals surface area contributed by atoms with Gasteiger partial charge in [0.2, 0.25) is 0 Å². The third-order valence-corrected chi connectivity index (χ3v) is 3.19. The molecule has 1 amide bonds. The maximum Gasteiger partial charge on any atom is 0.267 e. The summed E-state index contributed by atoms with van der Waals surface area (Å²) in [6.45, 7) is 1.91. The van der Waals surface area contributed by atoms with Gasteiger partial charge < -0.3 is 16.4 Å². The first-order valence-corrected chi connectivity index (χ1v) is 7.03. The van der Waals surface area contributed by atoms with Gasteiger partial charge in [0.15, 0.2) is 0 Å². The lowest BCUT2D eigenvalue weighted by Crippen LogP contribution is -2.15. The normalized spacial score (nSPS) is 10.7. The Morgan fingerprint density at radius 1 is 1.39 bits per heavy atom. The van der Waals surface area contributed by atoms with Crippen molar-refractivity contribution >= 4 is 34.7 Å². The summed E-state index contributed by atoms with van der Waals surface area (Å²) >= 11 is 5.99. The summed E-state index contributed by atoms with van der Waals surface area (Å²) in [6.07, 6.45) is 2.97. The molecule has 0 saturated heterocycles. The predicted octanol–water partition coefficient (Wildman–Crippen LogP) is 3.08. The lowest BCUT2D eigenvalue weighted by atomic mass is 10.2. The number of nitrogen functional groups attached to an aromatic ring is 1. The molecule has 0 fully saturated rings. The second-order valence-corrected chi connectivity index (χ2v) is 5.14. The fraction of sp³-hybridized carbons (Fsp3) is 0.0625. The minimum absolute atomic E-state index is 0.111. The van der Waals surface area contributed by atoms with E-state index < -0.39 is 5.91 Å². The number of aryl methyl sites for hydroxylation is 1. The number of aromatic nitrogens is 1. The van der Waals surface area contributed by atoms with Crippen LogP contribution in [0.3, 0.4) is 0 Å². The summed E-state index contributed by atoms with van der Waals surface area (Å²) in [7, 11) is 0. The molecule has 2 rings (SSSR count). The molecule has 0 aliphatic carbocycles. The molecule has 2 aromatic rings. The van der Waals surface area contributed by atoms with E-state index >= 15 is 0 Å². The molecule has 23 heavy (non-hydrogen) atoms.